The number of nitrogens with zero attached hydrogens (tertiary/aromatic N) is 2. The lowest BCUT2D eigenvalue weighted by Gasteiger charge is -2.12. The maximum atomic E-state index is 12.6. The molecule has 1 amide bonds. The summed E-state index contributed by atoms with van der Waals surface area (Å²) in [5.41, 5.74) is -0.523. The predicted octanol–water partition coefficient (Wildman–Crippen LogP) is 3.10. The number of hydrogen-bond acceptors (Lipinski definition) is 5. The molecule has 3 aromatic rings. The summed E-state index contributed by atoms with van der Waals surface area (Å²) < 4.78 is 38.5. The average molecular weight is 446 g/mol. The molecule has 0 unspecified atom stereocenters. The molecule has 0 fully saturated rings. The fourth-order valence-electron chi connectivity index (χ4n) is 2.78. The molecule has 3 rings (SSSR count). The van der Waals surface area contributed by atoms with Crippen molar-refractivity contribution in [3.63, 3.8) is 0 Å². The number of benzene rings is 2. The van der Waals surface area contributed by atoms with Crippen LogP contribution in [0.25, 0.3) is 5.69 Å². The van der Waals surface area contributed by atoms with Crippen LogP contribution in [-0.4, -0.2) is 33.0 Å². The normalized spacial score (nSPS) is 11.7. The van der Waals surface area contributed by atoms with Gasteiger partial charge in [0.25, 0.3) is 5.56 Å². The third-order valence-electron chi connectivity index (χ3n) is 4.61. The van der Waals surface area contributed by atoms with Gasteiger partial charge in [-0.2, -0.15) is 13.2 Å². The Morgan fingerprint density at radius 3 is 2.47 bits per heavy atom. The van der Waals surface area contributed by atoms with Crippen molar-refractivity contribution in [3.05, 3.63) is 80.0 Å². The Labute approximate surface area is 178 Å². The van der Waals surface area contributed by atoms with Crippen LogP contribution in [0.4, 0.5) is 24.5 Å². The number of hydrogen-bond donors (Lipinski definition) is 3. The fourth-order valence-corrected chi connectivity index (χ4v) is 2.78. The zero-order valence-corrected chi connectivity index (χ0v) is 16.8. The van der Waals surface area contributed by atoms with Crippen LogP contribution in [0, 0.1) is 13.8 Å². The minimum Gasteiger partial charge on any atom is -0.493 e. The molecular formula is C21H17F3N4O4. The smallest absolute Gasteiger partial charge is 0.471 e. The second-order valence-corrected chi connectivity index (χ2v) is 6.83. The highest BCUT2D eigenvalue weighted by Crippen LogP contribution is 2.27. The first kappa shape index (κ1) is 22.5. The van der Waals surface area contributed by atoms with Crippen LogP contribution < -0.4 is 16.6 Å². The van der Waals surface area contributed by atoms with Crippen LogP contribution in [0.1, 0.15) is 16.7 Å². The quantitative estimate of drug-likeness (QED) is 0.534. The first-order valence-corrected chi connectivity index (χ1v) is 9.16. The van der Waals surface area contributed by atoms with Gasteiger partial charge in [0, 0.05) is 6.21 Å². The first-order chi connectivity index (χ1) is 15.0. The fraction of sp³-hybridized carbons (Fsp3) is 0.143. The molecule has 1 heterocycles. The van der Waals surface area contributed by atoms with Crippen LogP contribution in [0.5, 0.6) is 5.88 Å². The highest BCUT2D eigenvalue weighted by molar-refractivity contribution is 5.98. The third-order valence-corrected chi connectivity index (χ3v) is 4.61. The first-order valence-electron chi connectivity index (χ1n) is 9.16. The number of carbonyl (C=O) groups is 1. The number of aryl methyl sites for hydroxylation is 2. The topological polar surface area (TPSA) is 117 Å². The van der Waals surface area contributed by atoms with Crippen molar-refractivity contribution in [3.8, 4) is 11.6 Å². The lowest BCUT2D eigenvalue weighted by Crippen LogP contribution is -2.31. The maximum Gasteiger partial charge on any atom is 0.471 e. The van der Waals surface area contributed by atoms with Crippen molar-refractivity contribution < 1.29 is 23.1 Å². The lowest BCUT2D eigenvalue weighted by atomic mass is 10.1. The number of nitrogens with one attached hydrogen (secondary N) is 2. The molecule has 0 spiro atoms. The van der Waals surface area contributed by atoms with Gasteiger partial charge >= 0.3 is 17.8 Å². The van der Waals surface area contributed by atoms with E-state index in [1.54, 1.807) is 30.4 Å². The van der Waals surface area contributed by atoms with Crippen molar-refractivity contribution in [2.75, 3.05) is 5.32 Å². The van der Waals surface area contributed by atoms with Gasteiger partial charge in [-0.1, -0.05) is 18.2 Å². The molecule has 0 aliphatic heterocycles. The molecule has 0 aliphatic carbocycles. The van der Waals surface area contributed by atoms with E-state index in [4.69, 9.17) is 0 Å². The van der Waals surface area contributed by atoms with E-state index in [2.05, 4.69) is 9.98 Å². The largest absolute Gasteiger partial charge is 0.493 e. The van der Waals surface area contributed by atoms with E-state index in [9.17, 15) is 32.7 Å². The number of carbonyl (C=O) groups excluding carboxylic acids is 1. The Morgan fingerprint density at radius 2 is 1.81 bits per heavy atom. The molecule has 2 aromatic carbocycles. The van der Waals surface area contributed by atoms with E-state index in [0.717, 1.165) is 21.9 Å². The summed E-state index contributed by atoms with van der Waals surface area (Å²) in [6.07, 6.45) is -4.21. The standard InChI is InChI=1S/C21H17F3N4O4/c1-11-7-8-13(9-12(11)2)28-18(30)14(17(29)27-20(28)32)10-25-15-5-3-4-6-16(15)26-19(31)21(22,23)24/h3-10,30H,1-2H3,(H,26,31)(H,27,29,32). The molecule has 0 saturated heterocycles. The zero-order chi connectivity index (χ0) is 23.6. The van der Waals surface area contributed by atoms with Gasteiger partial charge in [0.1, 0.15) is 5.56 Å². The second-order valence-electron chi connectivity index (χ2n) is 6.83. The number of aromatic amines is 1. The number of H-pyrrole nitrogens is 1. The maximum absolute atomic E-state index is 12.6. The Morgan fingerprint density at radius 1 is 1.12 bits per heavy atom. The molecule has 0 radical (unpaired) electrons. The molecule has 0 bridgehead atoms. The Bertz CT molecular complexity index is 1340. The van der Waals surface area contributed by atoms with Crippen molar-refractivity contribution in [1.29, 1.82) is 0 Å². The van der Waals surface area contributed by atoms with Crippen LogP contribution in [0.2, 0.25) is 0 Å². The molecule has 0 aliphatic rings. The van der Waals surface area contributed by atoms with Gasteiger partial charge in [0.2, 0.25) is 5.88 Å². The Balaban J connectivity index is 2.06. The summed E-state index contributed by atoms with van der Waals surface area (Å²) in [6.45, 7) is 3.67. The molecular weight excluding hydrogens is 429 g/mol. The zero-order valence-electron chi connectivity index (χ0n) is 16.8. The van der Waals surface area contributed by atoms with E-state index in [0.29, 0.717) is 5.69 Å². The molecule has 0 saturated carbocycles. The van der Waals surface area contributed by atoms with Crippen LogP contribution in [-0.2, 0) is 4.79 Å². The molecule has 0 atom stereocenters. The van der Waals surface area contributed by atoms with Crippen LogP contribution in [0.15, 0.2) is 57.0 Å². The van der Waals surface area contributed by atoms with Crippen LogP contribution >= 0.6 is 0 Å². The van der Waals surface area contributed by atoms with E-state index >= 15 is 0 Å². The van der Waals surface area contributed by atoms with Crippen LogP contribution in [0.3, 0.4) is 0 Å². The van der Waals surface area contributed by atoms with Crippen molar-refractivity contribution in [1.82, 2.24) is 9.55 Å². The highest BCUT2D eigenvalue weighted by atomic mass is 19.4. The van der Waals surface area contributed by atoms with E-state index in [-0.39, 0.29) is 11.4 Å². The summed E-state index contributed by atoms with van der Waals surface area (Å²) in [7, 11) is 0. The lowest BCUT2D eigenvalue weighted by molar-refractivity contribution is -0.167. The number of amides is 1. The third kappa shape index (κ3) is 4.61. The molecule has 8 nitrogen and oxygen atoms in total. The van der Waals surface area contributed by atoms with E-state index < -0.39 is 34.8 Å². The second kappa shape index (κ2) is 8.53. The highest BCUT2D eigenvalue weighted by Gasteiger charge is 2.38. The number of para-hydroxylation sites is 2. The molecule has 3 N–H and O–H groups in total. The van der Waals surface area contributed by atoms with E-state index in [1.807, 2.05) is 6.92 Å². The summed E-state index contributed by atoms with van der Waals surface area (Å²) in [5.74, 6) is -2.90. The Kier molecular flexibility index (Phi) is 6.01. The van der Waals surface area contributed by atoms with Gasteiger partial charge in [0.15, 0.2) is 0 Å². The van der Waals surface area contributed by atoms with Gasteiger partial charge in [0.05, 0.1) is 17.1 Å². The van der Waals surface area contributed by atoms with Gasteiger partial charge in [-0.15, -0.1) is 0 Å². The predicted molar refractivity (Wildman–Crippen MR) is 112 cm³/mol. The monoisotopic (exact) mass is 446 g/mol. The molecule has 11 heteroatoms. The number of aromatic hydroxyl groups is 1. The molecule has 32 heavy (non-hydrogen) atoms. The van der Waals surface area contributed by atoms with Crippen molar-refractivity contribution in [2.24, 2.45) is 4.99 Å². The average Bonchev–Trinajstić information content (AvgIpc) is 2.70. The number of alkyl halides is 3. The number of anilines is 1. The number of rotatable bonds is 4. The Hall–Kier alpha value is -4.15. The van der Waals surface area contributed by atoms with Gasteiger partial charge in [-0.05, 0) is 49.2 Å². The SMILES string of the molecule is Cc1ccc(-n2c(O)c(C=Nc3ccccc3NC(=O)C(F)(F)F)c(=O)[nH]c2=O)cc1C. The molecule has 1 aromatic heterocycles. The number of halogens is 3. The summed E-state index contributed by atoms with van der Waals surface area (Å²) in [4.78, 5) is 41.8. The van der Waals surface area contributed by atoms with Gasteiger partial charge < -0.3 is 10.4 Å². The minimum atomic E-state index is -5.10. The minimum absolute atomic E-state index is 0.104. The summed E-state index contributed by atoms with van der Waals surface area (Å²) >= 11 is 0. The van der Waals surface area contributed by atoms with Crippen molar-refractivity contribution >= 4 is 23.5 Å². The summed E-state index contributed by atoms with van der Waals surface area (Å²) in [5, 5.41) is 12.3. The van der Waals surface area contributed by atoms with E-state index in [1.165, 1.54) is 24.3 Å². The number of aliphatic imine (C=N–C) groups is 1. The number of aromatic nitrogens is 2. The van der Waals surface area contributed by atoms with Gasteiger partial charge in [-0.25, -0.2) is 9.36 Å². The van der Waals surface area contributed by atoms with Crippen molar-refractivity contribution in [2.45, 2.75) is 20.0 Å². The summed E-state index contributed by atoms with van der Waals surface area (Å²) in [6, 6.07) is 10.3. The molecule has 166 valence electrons. The van der Waals surface area contributed by atoms with Gasteiger partial charge in [-0.3, -0.25) is 19.6 Å².